The Balaban J connectivity index is 1.78. The molecule has 0 fully saturated rings. The Morgan fingerprint density at radius 1 is 1.00 bits per heavy atom. The summed E-state index contributed by atoms with van der Waals surface area (Å²) < 4.78 is 6.19. The van der Waals surface area contributed by atoms with Gasteiger partial charge in [0.25, 0.3) is 5.91 Å². The minimum atomic E-state index is -0.710. The molecule has 1 aliphatic heterocycles. The largest absolute Gasteiger partial charge is 0.469 e. The molecule has 1 aromatic carbocycles. The van der Waals surface area contributed by atoms with E-state index in [1.54, 1.807) is 27.7 Å². The molecule has 13 nitrogen and oxygen atoms in total. The number of nitrogens with one attached hydrogen (secondary N) is 4. The average molecular weight is 601 g/mol. The predicted molar refractivity (Wildman–Crippen MR) is 160 cm³/mol. The highest BCUT2D eigenvalue weighted by atomic mass is 16.5. The zero-order valence-electron chi connectivity index (χ0n) is 25.3. The van der Waals surface area contributed by atoms with Gasteiger partial charge < -0.3 is 30.6 Å². The molecule has 2 aromatic rings. The summed E-state index contributed by atoms with van der Waals surface area (Å²) in [5.41, 5.74) is 1.28. The zero-order chi connectivity index (χ0) is 31.4. The summed E-state index contributed by atoms with van der Waals surface area (Å²) in [5, 5.41) is 8.62. The summed E-state index contributed by atoms with van der Waals surface area (Å²) in [6, 6.07) is 4.28. The molecule has 2 heterocycles. The molecular formula is C30H44N6O7. The topological polar surface area (TPSA) is 172 Å². The molecule has 0 saturated carbocycles. The maximum Gasteiger partial charge on any atom is 0.326 e. The van der Waals surface area contributed by atoms with E-state index in [1.165, 1.54) is 7.11 Å². The lowest BCUT2D eigenvalue weighted by atomic mass is 9.98. The summed E-state index contributed by atoms with van der Waals surface area (Å²) in [7, 11) is 1.30. The lowest BCUT2D eigenvalue weighted by molar-refractivity contribution is -0.141. The second kappa shape index (κ2) is 16.5. The van der Waals surface area contributed by atoms with E-state index in [-0.39, 0.29) is 60.5 Å². The van der Waals surface area contributed by atoms with Crippen LogP contribution < -0.4 is 21.6 Å². The number of carbonyl (C=O) groups excluding carboxylic acids is 5. The first kappa shape index (κ1) is 33.3. The number of H-pyrrole nitrogens is 1. The molecule has 4 N–H and O–H groups in total. The van der Waals surface area contributed by atoms with Crippen LogP contribution in [0.2, 0.25) is 0 Å². The van der Waals surface area contributed by atoms with Gasteiger partial charge in [0.1, 0.15) is 6.04 Å². The van der Waals surface area contributed by atoms with Crippen molar-refractivity contribution >= 4 is 40.6 Å². The van der Waals surface area contributed by atoms with Crippen LogP contribution in [-0.2, 0) is 30.5 Å². The van der Waals surface area contributed by atoms with Crippen LogP contribution >= 0.6 is 0 Å². The normalized spacial score (nSPS) is 18.7. The van der Waals surface area contributed by atoms with E-state index in [4.69, 9.17) is 0 Å². The van der Waals surface area contributed by atoms with Crippen molar-refractivity contribution in [2.24, 2.45) is 5.92 Å². The molecule has 2 bridgehead atoms. The van der Waals surface area contributed by atoms with Gasteiger partial charge in [-0.15, -0.1) is 0 Å². The maximum absolute atomic E-state index is 13.0. The highest BCUT2D eigenvalue weighted by Gasteiger charge is 2.26. The van der Waals surface area contributed by atoms with Crippen molar-refractivity contribution in [2.45, 2.75) is 77.8 Å². The number of benzene rings is 1. The third kappa shape index (κ3) is 9.69. The minimum absolute atomic E-state index is 0.0989. The molecule has 4 amide bonds. The quantitative estimate of drug-likeness (QED) is 0.364. The second-order valence-electron chi connectivity index (χ2n) is 10.9. The third-order valence-corrected chi connectivity index (χ3v) is 7.78. The number of hydrogen-bond donors (Lipinski definition) is 4. The number of imidazole rings is 1. The Morgan fingerprint density at radius 2 is 1.72 bits per heavy atom. The van der Waals surface area contributed by atoms with E-state index in [0.717, 1.165) is 0 Å². The second-order valence-corrected chi connectivity index (χ2v) is 10.9. The predicted octanol–water partition coefficient (Wildman–Crippen LogP) is 1.45. The molecule has 3 rings (SSSR count). The van der Waals surface area contributed by atoms with E-state index in [9.17, 15) is 28.8 Å². The number of ether oxygens (including phenoxy) is 1. The van der Waals surface area contributed by atoms with Crippen molar-refractivity contribution < 1.29 is 28.7 Å². The number of methoxy groups -OCH3 is 1. The monoisotopic (exact) mass is 600 g/mol. The number of amides is 4. The van der Waals surface area contributed by atoms with Gasteiger partial charge in [-0.3, -0.25) is 28.5 Å². The Morgan fingerprint density at radius 3 is 2.47 bits per heavy atom. The molecule has 2 atom stereocenters. The van der Waals surface area contributed by atoms with Gasteiger partial charge in [-0.1, -0.05) is 20.3 Å². The van der Waals surface area contributed by atoms with Crippen molar-refractivity contribution in [3.8, 4) is 0 Å². The van der Waals surface area contributed by atoms with E-state index in [1.807, 2.05) is 13.8 Å². The molecule has 1 aliphatic rings. The van der Waals surface area contributed by atoms with Crippen LogP contribution in [0, 0.1) is 5.92 Å². The van der Waals surface area contributed by atoms with Crippen molar-refractivity contribution in [3.63, 3.8) is 0 Å². The standard InChI is InChI=1S/C30H44N6O7/c1-4-20(2)27-29(41)32-15-8-18-36-23-19-21(12-13-22(23)33-30(36)42)28(40)31-14-7-17-35(16-6-9-24(37)34-27)25(38)10-5-11-26(39)43-3/h12-13,19-20,27H,4-11,14-18H2,1-3H3,(H,31,40)(H,32,41)(H,33,42)(H,34,37)/t20-,27-/m0/s1. The van der Waals surface area contributed by atoms with Gasteiger partial charge in [0.05, 0.1) is 18.1 Å². The van der Waals surface area contributed by atoms with Crippen LogP contribution in [0.3, 0.4) is 0 Å². The highest BCUT2D eigenvalue weighted by Crippen LogP contribution is 2.14. The van der Waals surface area contributed by atoms with Gasteiger partial charge in [0.15, 0.2) is 0 Å². The molecule has 0 aliphatic carbocycles. The molecule has 0 unspecified atom stereocenters. The van der Waals surface area contributed by atoms with Crippen LogP contribution in [0.15, 0.2) is 23.0 Å². The fourth-order valence-corrected chi connectivity index (χ4v) is 5.03. The summed E-state index contributed by atoms with van der Waals surface area (Å²) in [6.45, 7) is 5.47. The van der Waals surface area contributed by atoms with E-state index in [0.29, 0.717) is 81.4 Å². The summed E-state index contributed by atoms with van der Waals surface area (Å²) in [5.74, 6) is -1.51. The Hall–Kier alpha value is -4.16. The van der Waals surface area contributed by atoms with Gasteiger partial charge in [-0.25, -0.2) is 4.79 Å². The fourth-order valence-electron chi connectivity index (χ4n) is 5.03. The van der Waals surface area contributed by atoms with Crippen LogP contribution in [0.25, 0.3) is 11.0 Å². The van der Waals surface area contributed by atoms with Gasteiger partial charge in [0, 0.05) is 57.5 Å². The minimum Gasteiger partial charge on any atom is -0.469 e. The van der Waals surface area contributed by atoms with E-state index < -0.39 is 6.04 Å². The van der Waals surface area contributed by atoms with E-state index >= 15 is 0 Å². The van der Waals surface area contributed by atoms with Crippen molar-refractivity contribution in [2.75, 3.05) is 33.3 Å². The summed E-state index contributed by atoms with van der Waals surface area (Å²) in [6.07, 6.45) is 2.79. The van der Waals surface area contributed by atoms with Crippen molar-refractivity contribution in [3.05, 3.63) is 34.2 Å². The number of carbonyl (C=O) groups is 5. The van der Waals surface area contributed by atoms with Gasteiger partial charge in [0.2, 0.25) is 17.7 Å². The van der Waals surface area contributed by atoms with Crippen LogP contribution in [0.5, 0.6) is 0 Å². The Bertz CT molecular complexity index is 1350. The van der Waals surface area contributed by atoms with Crippen LogP contribution in [-0.4, -0.2) is 83.4 Å². The molecule has 43 heavy (non-hydrogen) atoms. The zero-order valence-corrected chi connectivity index (χ0v) is 25.3. The number of rotatable bonds is 6. The number of esters is 1. The molecule has 1 aromatic heterocycles. The lowest BCUT2D eigenvalue weighted by Crippen LogP contribution is -2.50. The first-order valence-corrected chi connectivity index (χ1v) is 15.1. The van der Waals surface area contributed by atoms with E-state index in [2.05, 4.69) is 25.7 Å². The number of hydrogen-bond acceptors (Lipinski definition) is 7. The van der Waals surface area contributed by atoms with Gasteiger partial charge >= 0.3 is 11.7 Å². The lowest BCUT2D eigenvalue weighted by Gasteiger charge is -2.25. The van der Waals surface area contributed by atoms with Crippen molar-refractivity contribution in [1.29, 1.82) is 0 Å². The maximum atomic E-state index is 13.0. The van der Waals surface area contributed by atoms with Crippen LogP contribution in [0.1, 0.15) is 75.6 Å². The average Bonchev–Trinajstić information content (AvgIpc) is 3.31. The molecule has 13 heteroatoms. The van der Waals surface area contributed by atoms with Gasteiger partial charge in [-0.2, -0.15) is 0 Å². The molecular weight excluding hydrogens is 556 g/mol. The highest BCUT2D eigenvalue weighted by molar-refractivity contribution is 5.97. The Labute approximate surface area is 251 Å². The van der Waals surface area contributed by atoms with Gasteiger partial charge in [-0.05, 0) is 49.8 Å². The summed E-state index contributed by atoms with van der Waals surface area (Å²) >= 11 is 0. The first-order chi connectivity index (χ1) is 20.6. The number of aromatic nitrogens is 2. The summed E-state index contributed by atoms with van der Waals surface area (Å²) in [4.78, 5) is 80.2. The Kier molecular flexibility index (Phi) is 12.8. The first-order valence-electron chi connectivity index (χ1n) is 15.1. The number of aromatic amines is 1. The molecule has 0 saturated heterocycles. The number of nitrogens with zero attached hydrogens (tertiary/aromatic N) is 2. The number of fused-ring (bicyclic) bond motifs is 1. The van der Waals surface area contributed by atoms with Crippen molar-refractivity contribution in [1.82, 2.24) is 30.4 Å². The SMILES string of the molecule is CC[C@H](C)[C@@H]1NC(=O)CCCN(C(=O)CCCC(=O)OC)CCCNC(=O)c2ccc3[nH]c(=O)n(c3c2)CCCNC1=O. The number of aryl methyl sites for hydroxylation is 1. The molecule has 0 radical (unpaired) electrons. The van der Waals surface area contributed by atoms with Crippen LogP contribution in [0.4, 0.5) is 0 Å². The molecule has 236 valence electrons. The smallest absolute Gasteiger partial charge is 0.326 e. The molecule has 0 spiro atoms. The fraction of sp³-hybridized carbons (Fsp3) is 0.600. The third-order valence-electron chi connectivity index (χ3n) is 7.78.